The van der Waals surface area contributed by atoms with Gasteiger partial charge < -0.3 is 88.2 Å². The summed E-state index contributed by atoms with van der Waals surface area (Å²) in [6, 6.07) is 0. The molecule has 5 heterocycles. The molecule has 8 N–H and O–H groups in total. The largest absolute Gasteiger partial charge is 0.458 e. The molecule has 0 aliphatic carbocycles. The van der Waals surface area contributed by atoms with Crippen molar-refractivity contribution >= 4 is 11.9 Å². The van der Waals surface area contributed by atoms with Crippen LogP contribution in [0.25, 0.3) is 0 Å². The summed E-state index contributed by atoms with van der Waals surface area (Å²) in [7, 11) is 6.58. The number of fused-ring (bicyclic) bond motifs is 4. The van der Waals surface area contributed by atoms with Crippen LogP contribution >= 0.6 is 0 Å². The van der Waals surface area contributed by atoms with Crippen molar-refractivity contribution in [2.75, 3.05) is 28.4 Å². The topological polar surface area (TPSA) is 288 Å². The van der Waals surface area contributed by atoms with Crippen LogP contribution in [0.5, 0.6) is 0 Å². The molecule has 564 valence electrons. The molecule has 0 spiro atoms. The smallest absolute Gasteiger partial charge is 0.331 e. The second-order valence-corrected chi connectivity index (χ2v) is 30.3. The van der Waals surface area contributed by atoms with Gasteiger partial charge in [-0.25, -0.2) is 9.59 Å². The number of hydrogen-bond donors (Lipinski definition) is 8. The van der Waals surface area contributed by atoms with E-state index in [-0.39, 0.29) is 99.2 Å². The van der Waals surface area contributed by atoms with Crippen molar-refractivity contribution in [2.45, 2.75) is 333 Å². The average molecular weight is 1390 g/mol. The third kappa shape index (κ3) is 28.1. The number of hydrogen-bond acceptors (Lipinski definition) is 20. The second-order valence-electron chi connectivity index (χ2n) is 30.3. The Hall–Kier alpha value is -3.26. The van der Waals surface area contributed by atoms with Crippen LogP contribution in [0.4, 0.5) is 0 Å². The molecule has 0 radical (unpaired) electrons. The molecular weight excluding hydrogens is 1260 g/mol. The number of rotatable bonds is 16. The minimum Gasteiger partial charge on any atom is -0.458 e. The number of aliphatic hydroxyl groups is 8. The lowest BCUT2D eigenvalue weighted by Gasteiger charge is -2.38. The molecule has 0 aromatic carbocycles. The number of cyclic esters (lactones) is 2. The van der Waals surface area contributed by atoms with Gasteiger partial charge >= 0.3 is 11.9 Å². The molecule has 5 rings (SSSR count). The highest BCUT2D eigenvalue weighted by atomic mass is 16.6. The van der Waals surface area contributed by atoms with E-state index in [2.05, 4.69) is 0 Å². The van der Waals surface area contributed by atoms with E-state index in [9.17, 15) is 50.4 Å². The van der Waals surface area contributed by atoms with Crippen LogP contribution < -0.4 is 0 Å². The number of aliphatic hydroxyl groups excluding tert-OH is 8. The summed E-state index contributed by atoms with van der Waals surface area (Å²) < 4.78 is 61.3. The summed E-state index contributed by atoms with van der Waals surface area (Å²) in [5.74, 6) is -5.50. The van der Waals surface area contributed by atoms with E-state index >= 15 is 0 Å². The van der Waals surface area contributed by atoms with Gasteiger partial charge in [0, 0.05) is 102 Å². The van der Waals surface area contributed by atoms with Crippen molar-refractivity contribution in [1.29, 1.82) is 0 Å². The van der Waals surface area contributed by atoms with E-state index in [1.807, 2.05) is 106 Å². The lowest BCUT2D eigenvalue weighted by atomic mass is 9.78. The molecule has 20 heteroatoms. The van der Waals surface area contributed by atoms with Crippen LogP contribution in [-0.4, -0.2) is 216 Å². The van der Waals surface area contributed by atoms with Gasteiger partial charge in [-0.15, -0.1) is 0 Å². The van der Waals surface area contributed by atoms with Gasteiger partial charge in [0.05, 0.1) is 122 Å². The van der Waals surface area contributed by atoms with Crippen LogP contribution in [0, 0.1) is 47.3 Å². The highest BCUT2D eigenvalue weighted by Gasteiger charge is 2.42. The zero-order valence-corrected chi connectivity index (χ0v) is 62.3. The van der Waals surface area contributed by atoms with Crippen molar-refractivity contribution in [1.82, 2.24) is 0 Å². The number of carbonyl (C=O) groups is 2. The maximum Gasteiger partial charge on any atom is 0.331 e. The van der Waals surface area contributed by atoms with Crippen molar-refractivity contribution in [3.8, 4) is 0 Å². The zero-order chi connectivity index (χ0) is 72.5. The first-order chi connectivity index (χ1) is 46.4. The van der Waals surface area contributed by atoms with Gasteiger partial charge in [0.15, 0.2) is 0 Å². The van der Waals surface area contributed by atoms with E-state index in [1.165, 1.54) is 12.2 Å². The van der Waals surface area contributed by atoms with Crippen LogP contribution in [0.15, 0.2) is 71.9 Å². The van der Waals surface area contributed by atoms with Gasteiger partial charge in [0.25, 0.3) is 0 Å². The van der Waals surface area contributed by atoms with Crippen molar-refractivity contribution in [3.05, 3.63) is 71.9 Å². The Balaban J connectivity index is 1.36. The minimum absolute atomic E-state index is 0.0293. The Morgan fingerprint density at radius 3 is 1.15 bits per heavy atom. The van der Waals surface area contributed by atoms with E-state index in [1.54, 1.807) is 54.4 Å². The SMILES string of the molecule is CO[C@H]1C[C@H](CC[C@H](C)[C@H](O)[C@H](C)[C@H]2OC(=O)/C=C\C(C)=C\C[C@@H](O)C[C@H]3C=CC[C@@H](C[C@H](OC)[C@@H](C)[C@@H](O)C[C@@H](O)[C@H](C)[C@@H]([C@@H](C)[C@@H](O)[C@@H](C)CC[C@H]4C[C@H](OC)C[C@H](C)O4)OC(=O)/C=C/C(C)=C/C[C@@H](O)C[C@@H]4C=CC[C@@H](C[C@H](OC)[C@@H](C)[C@@H](O)C[C@@H](O)[C@@H]2C)O4)O3)O[C@@H](C)C1. The van der Waals surface area contributed by atoms with E-state index in [0.29, 0.717) is 62.5 Å². The predicted octanol–water partition coefficient (Wildman–Crippen LogP) is 10.1. The van der Waals surface area contributed by atoms with Gasteiger partial charge in [-0.1, -0.05) is 115 Å². The Bertz CT molecular complexity index is 2320. The van der Waals surface area contributed by atoms with Crippen molar-refractivity contribution < 1.29 is 97.8 Å². The molecule has 98 heavy (non-hydrogen) atoms. The fraction of sp³-hybridized carbons (Fsp3) is 0.821. The minimum atomic E-state index is -1.16. The van der Waals surface area contributed by atoms with Crippen molar-refractivity contribution in [2.24, 2.45) is 47.3 Å². The summed E-state index contributed by atoms with van der Waals surface area (Å²) in [5.41, 5.74) is 1.39. The lowest BCUT2D eigenvalue weighted by Crippen LogP contribution is -2.45. The van der Waals surface area contributed by atoms with E-state index < -0.39 is 133 Å². The molecule has 20 nitrogen and oxygen atoms in total. The molecule has 2 fully saturated rings. The number of esters is 2. The lowest BCUT2D eigenvalue weighted by molar-refractivity contribution is -0.158. The number of carbonyl (C=O) groups excluding carboxylic acids is 2. The Labute approximate surface area is 587 Å². The third-order valence-electron chi connectivity index (χ3n) is 22.3. The highest BCUT2D eigenvalue weighted by molar-refractivity contribution is 5.83. The first-order valence-corrected chi connectivity index (χ1v) is 37.1. The first kappa shape index (κ1) is 85.4. The Kier molecular flexibility index (Phi) is 37.6. The maximum absolute atomic E-state index is 13.9. The third-order valence-corrected chi connectivity index (χ3v) is 22.3. The zero-order valence-electron chi connectivity index (χ0n) is 62.3. The molecule has 0 aromatic heterocycles. The fourth-order valence-electron chi connectivity index (χ4n) is 15.3. The Morgan fingerprint density at radius 1 is 0.449 bits per heavy atom. The van der Waals surface area contributed by atoms with Crippen LogP contribution in [-0.2, 0) is 57.0 Å². The second kappa shape index (κ2) is 43.1. The molecule has 0 amide bonds. The van der Waals surface area contributed by atoms with Gasteiger partial charge in [-0.05, 0) is 129 Å². The van der Waals surface area contributed by atoms with E-state index in [0.717, 1.165) is 25.7 Å². The maximum atomic E-state index is 13.9. The van der Waals surface area contributed by atoms with Crippen LogP contribution in [0.2, 0.25) is 0 Å². The monoisotopic (exact) mass is 1390 g/mol. The molecule has 0 unspecified atom stereocenters. The molecule has 0 saturated carbocycles. The summed E-state index contributed by atoms with van der Waals surface area (Å²) in [5, 5.41) is 94.4. The summed E-state index contributed by atoms with van der Waals surface area (Å²) in [4.78, 5) is 27.8. The normalized spacial score (nSPS) is 41.1. The summed E-state index contributed by atoms with van der Waals surface area (Å²) >= 11 is 0. The van der Waals surface area contributed by atoms with Gasteiger partial charge in [0.2, 0.25) is 0 Å². The fourth-order valence-corrected chi connectivity index (χ4v) is 15.3. The molecule has 0 aromatic rings. The molecule has 2 saturated heterocycles. The molecule has 5 aliphatic heterocycles. The standard InChI is InChI=1S/C78H132O20/c1-45-23-29-57(79)37-59-19-17-21-61(95-59)41-71(91-15)52(8)68(82)44-70(84)54(10)78(56(12)76(88)48(4)28-32-64-40-66(90-14)36-50(6)94-64)98-74(86)34-26-46(2)24-30-58(80)38-60-20-18-22-62(96-60)42-72(92-16)51(7)67(81)43-69(83)53(9)77(97-73(85)33-25-45)55(11)75(87)47(3)27-31-63-39-65(89-13)35-49(5)93-63/h17-20,23-26,33-34,47-72,75-84,87-88H,21-22,27-32,35-44H2,1-16H3/b33-25-,34-26+,45-23+,46-24+/t47-,48-,49-,50-,51-,52-,53-,54-,55-,56-,57+,58+,59+,60-,61-,62-,63-,64-,65+,66+,67-,68-,69+,70+,71-,72-,75-,76-,77-,78-/m0/s1. The number of allylic oxidation sites excluding steroid dienone is 4. The van der Waals surface area contributed by atoms with E-state index in [4.69, 9.17) is 47.4 Å². The van der Waals surface area contributed by atoms with Crippen molar-refractivity contribution in [3.63, 3.8) is 0 Å². The van der Waals surface area contributed by atoms with Gasteiger partial charge in [-0.2, -0.15) is 0 Å². The quantitative estimate of drug-likeness (QED) is 0.0527. The summed E-state index contributed by atoms with van der Waals surface area (Å²) in [6.07, 6.45) is 14.1. The average Bonchev–Trinajstić information content (AvgIpc) is 0.853. The first-order valence-electron chi connectivity index (χ1n) is 37.1. The predicted molar refractivity (Wildman–Crippen MR) is 377 cm³/mol. The van der Waals surface area contributed by atoms with Crippen LogP contribution in [0.3, 0.4) is 0 Å². The number of ether oxygens (including phenoxy) is 10. The Morgan fingerprint density at radius 2 is 0.806 bits per heavy atom. The summed E-state index contributed by atoms with van der Waals surface area (Å²) in [6.45, 7) is 22.5. The van der Waals surface area contributed by atoms with Gasteiger partial charge in [0.1, 0.15) is 12.2 Å². The highest BCUT2D eigenvalue weighted by Crippen LogP contribution is 2.37. The molecule has 4 bridgehead atoms. The number of methoxy groups -OCH3 is 4. The van der Waals surface area contributed by atoms with Gasteiger partial charge in [-0.3, -0.25) is 0 Å². The molecular formula is C78H132O20. The molecule has 30 atom stereocenters. The molecule has 5 aliphatic rings. The van der Waals surface area contributed by atoms with Crippen LogP contribution in [0.1, 0.15) is 199 Å².